The summed E-state index contributed by atoms with van der Waals surface area (Å²) in [7, 11) is 0. The van der Waals surface area contributed by atoms with Gasteiger partial charge in [-0.25, -0.2) is 0 Å². The van der Waals surface area contributed by atoms with Crippen LogP contribution in [-0.2, 0) is 4.79 Å². The van der Waals surface area contributed by atoms with E-state index >= 15 is 0 Å². The van der Waals surface area contributed by atoms with Gasteiger partial charge in [0.25, 0.3) is 0 Å². The Morgan fingerprint density at radius 1 is 1.57 bits per heavy atom. The molecule has 0 atom stereocenters. The molecule has 0 fully saturated rings. The first-order chi connectivity index (χ1) is 6.63. The van der Waals surface area contributed by atoms with Crippen molar-refractivity contribution < 1.29 is 4.79 Å². The lowest BCUT2D eigenvalue weighted by Gasteiger charge is -1.97. The Labute approximate surface area is 86.4 Å². The van der Waals surface area contributed by atoms with Gasteiger partial charge in [-0.2, -0.15) is 5.26 Å². The minimum absolute atomic E-state index is 0.474. The molecule has 0 heterocycles. The Morgan fingerprint density at radius 2 is 2.29 bits per heavy atom. The van der Waals surface area contributed by atoms with Crippen LogP contribution in [0.25, 0.3) is 6.08 Å². The fourth-order valence-electron chi connectivity index (χ4n) is 0.913. The number of nitrogens with zero attached hydrogens (tertiary/aromatic N) is 1. The Bertz CT molecular complexity index is 432. The van der Waals surface area contributed by atoms with Crippen molar-refractivity contribution in [1.29, 1.82) is 5.26 Å². The van der Waals surface area contributed by atoms with E-state index in [0.29, 0.717) is 16.1 Å². The van der Waals surface area contributed by atoms with Gasteiger partial charge >= 0.3 is 0 Å². The van der Waals surface area contributed by atoms with Gasteiger partial charge in [-0.15, -0.1) is 0 Å². The molecule has 1 aromatic rings. The largest absolute Gasteiger partial charge is 0.366 e. The molecule has 4 heteroatoms. The normalized spacial score (nSPS) is 10.0. The predicted molar refractivity (Wildman–Crippen MR) is 54.4 cm³/mol. The van der Waals surface area contributed by atoms with E-state index in [1.54, 1.807) is 18.2 Å². The Kier molecular flexibility index (Phi) is 3.27. The first kappa shape index (κ1) is 10.3. The van der Waals surface area contributed by atoms with Crippen LogP contribution in [-0.4, -0.2) is 5.91 Å². The first-order valence-electron chi connectivity index (χ1n) is 3.80. The highest BCUT2D eigenvalue weighted by Gasteiger charge is 1.98. The van der Waals surface area contributed by atoms with Crippen LogP contribution < -0.4 is 5.73 Å². The summed E-state index contributed by atoms with van der Waals surface area (Å²) in [6.45, 7) is 0. The summed E-state index contributed by atoms with van der Waals surface area (Å²) in [5.74, 6) is -0.552. The highest BCUT2D eigenvalue weighted by molar-refractivity contribution is 6.32. The molecule has 0 saturated heterocycles. The van der Waals surface area contributed by atoms with Gasteiger partial charge in [-0.1, -0.05) is 11.6 Å². The summed E-state index contributed by atoms with van der Waals surface area (Å²) in [5, 5.41) is 9.10. The third-order valence-electron chi connectivity index (χ3n) is 1.55. The number of hydrogen-bond donors (Lipinski definition) is 1. The second kappa shape index (κ2) is 4.45. The molecular formula is C10H7ClN2O. The van der Waals surface area contributed by atoms with E-state index in [9.17, 15) is 4.79 Å². The van der Waals surface area contributed by atoms with Gasteiger partial charge in [0.15, 0.2) is 0 Å². The molecule has 0 radical (unpaired) electrons. The van der Waals surface area contributed by atoms with Crippen LogP contribution in [0.1, 0.15) is 11.1 Å². The van der Waals surface area contributed by atoms with Crippen molar-refractivity contribution in [3.05, 3.63) is 40.4 Å². The van der Waals surface area contributed by atoms with Crippen LogP contribution in [0.5, 0.6) is 0 Å². The van der Waals surface area contributed by atoms with Gasteiger partial charge in [0.2, 0.25) is 5.91 Å². The highest BCUT2D eigenvalue weighted by atomic mass is 35.5. The molecule has 1 aromatic carbocycles. The summed E-state index contributed by atoms with van der Waals surface area (Å²) in [6.07, 6.45) is 2.67. The SMILES string of the molecule is N#Cc1ccc(Cl)c(C=CC(N)=O)c1. The monoisotopic (exact) mass is 206 g/mol. The lowest BCUT2D eigenvalue weighted by molar-refractivity contribution is -0.113. The van der Waals surface area contributed by atoms with Crippen LogP contribution >= 0.6 is 11.6 Å². The molecule has 0 bridgehead atoms. The van der Waals surface area contributed by atoms with Crippen molar-refractivity contribution in [1.82, 2.24) is 0 Å². The van der Waals surface area contributed by atoms with Crippen molar-refractivity contribution in [3.8, 4) is 6.07 Å². The number of primary amides is 1. The maximum absolute atomic E-state index is 10.5. The molecule has 0 aliphatic heterocycles. The summed E-state index contributed by atoms with van der Waals surface area (Å²) in [6, 6.07) is 6.76. The molecule has 0 aliphatic carbocycles. The lowest BCUT2D eigenvalue weighted by Crippen LogP contribution is -2.05. The van der Waals surface area contributed by atoms with Crippen LogP contribution in [0.4, 0.5) is 0 Å². The zero-order chi connectivity index (χ0) is 10.6. The van der Waals surface area contributed by atoms with Crippen LogP contribution in [0.2, 0.25) is 5.02 Å². The zero-order valence-corrected chi connectivity index (χ0v) is 7.95. The van der Waals surface area contributed by atoms with Gasteiger partial charge < -0.3 is 5.73 Å². The van der Waals surface area contributed by atoms with Crippen molar-refractivity contribution >= 4 is 23.6 Å². The molecule has 70 valence electrons. The number of halogens is 1. The number of benzene rings is 1. The molecule has 0 aromatic heterocycles. The highest BCUT2D eigenvalue weighted by Crippen LogP contribution is 2.18. The van der Waals surface area contributed by atoms with Gasteiger partial charge in [0.05, 0.1) is 11.6 Å². The number of nitrogens with two attached hydrogens (primary N) is 1. The van der Waals surface area contributed by atoms with Crippen molar-refractivity contribution in [2.24, 2.45) is 5.73 Å². The van der Waals surface area contributed by atoms with Gasteiger partial charge in [-0.05, 0) is 29.8 Å². The van der Waals surface area contributed by atoms with Crippen LogP contribution in [0.3, 0.4) is 0 Å². The minimum Gasteiger partial charge on any atom is -0.366 e. The van der Waals surface area contributed by atoms with E-state index in [2.05, 4.69) is 0 Å². The maximum Gasteiger partial charge on any atom is 0.241 e. The lowest BCUT2D eigenvalue weighted by atomic mass is 10.1. The van der Waals surface area contributed by atoms with Crippen LogP contribution in [0.15, 0.2) is 24.3 Å². The Morgan fingerprint density at radius 3 is 2.86 bits per heavy atom. The molecular weight excluding hydrogens is 200 g/mol. The first-order valence-corrected chi connectivity index (χ1v) is 4.18. The molecule has 0 spiro atoms. The summed E-state index contributed by atoms with van der Waals surface area (Å²) < 4.78 is 0. The summed E-state index contributed by atoms with van der Waals surface area (Å²) >= 11 is 5.82. The smallest absolute Gasteiger partial charge is 0.241 e. The Balaban J connectivity index is 3.08. The van der Waals surface area contributed by atoms with Crippen LogP contribution in [0, 0.1) is 11.3 Å². The molecule has 14 heavy (non-hydrogen) atoms. The molecule has 3 nitrogen and oxygen atoms in total. The molecule has 0 aliphatic rings. The topological polar surface area (TPSA) is 66.9 Å². The summed E-state index contributed by atoms with van der Waals surface area (Å²) in [4.78, 5) is 10.5. The number of nitriles is 1. The van der Waals surface area contributed by atoms with E-state index < -0.39 is 5.91 Å². The van der Waals surface area contributed by atoms with Crippen molar-refractivity contribution in [3.63, 3.8) is 0 Å². The number of rotatable bonds is 2. The zero-order valence-electron chi connectivity index (χ0n) is 7.20. The molecule has 1 amide bonds. The minimum atomic E-state index is -0.552. The molecule has 0 unspecified atom stereocenters. The van der Waals surface area contributed by atoms with E-state index in [4.69, 9.17) is 22.6 Å². The maximum atomic E-state index is 10.5. The fourth-order valence-corrected chi connectivity index (χ4v) is 1.09. The number of carbonyl (C=O) groups is 1. The second-order valence-corrected chi connectivity index (χ2v) is 2.99. The fraction of sp³-hybridized carbons (Fsp3) is 0. The van der Waals surface area contributed by atoms with E-state index in [0.717, 1.165) is 0 Å². The van der Waals surface area contributed by atoms with Gasteiger partial charge in [0, 0.05) is 11.1 Å². The molecule has 2 N–H and O–H groups in total. The van der Waals surface area contributed by atoms with Crippen molar-refractivity contribution in [2.45, 2.75) is 0 Å². The molecule has 0 saturated carbocycles. The van der Waals surface area contributed by atoms with Gasteiger partial charge in [0.1, 0.15) is 0 Å². The second-order valence-electron chi connectivity index (χ2n) is 2.58. The third kappa shape index (κ3) is 2.61. The summed E-state index contributed by atoms with van der Waals surface area (Å²) in [5.41, 5.74) is 6.01. The molecule has 1 rings (SSSR count). The standard InChI is InChI=1S/C10H7ClN2O/c11-9-3-1-7(6-12)5-8(9)2-4-10(13)14/h1-5H,(H2,13,14). The van der Waals surface area contributed by atoms with E-state index in [-0.39, 0.29) is 0 Å². The average molecular weight is 207 g/mol. The van der Waals surface area contributed by atoms with Gasteiger partial charge in [-0.3, -0.25) is 4.79 Å². The third-order valence-corrected chi connectivity index (χ3v) is 1.90. The van der Waals surface area contributed by atoms with E-state index in [1.165, 1.54) is 12.2 Å². The van der Waals surface area contributed by atoms with E-state index in [1.807, 2.05) is 6.07 Å². The Hall–Kier alpha value is -1.79. The van der Waals surface area contributed by atoms with Crippen molar-refractivity contribution in [2.75, 3.05) is 0 Å². The number of carbonyl (C=O) groups excluding carboxylic acids is 1. The quantitative estimate of drug-likeness (QED) is 0.749. The number of amides is 1. The predicted octanol–water partition coefficient (Wildman–Crippen LogP) is 1.71. The average Bonchev–Trinajstić information content (AvgIpc) is 2.16. The number of hydrogen-bond acceptors (Lipinski definition) is 2.